The Kier molecular flexibility index (Phi) is 6.96. The van der Waals surface area contributed by atoms with Gasteiger partial charge in [-0.3, -0.25) is 9.59 Å². The van der Waals surface area contributed by atoms with Crippen molar-refractivity contribution >= 4 is 11.9 Å². The number of para-hydroxylation sites is 1. The van der Waals surface area contributed by atoms with E-state index in [0.717, 1.165) is 0 Å². The summed E-state index contributed by atoms with van der Waals surface area (Å²) in [5, 5.41) is 0. The molecule has 3 rings (SSSR count). The van der Waals surface area contributed by atoms with Crippen molar-refractivity contribution in [1.82, 2.24) is 0 Å². The van der Waals surface area contributed by atoms with Crippen molar-refractivity contribution in [3.05, 3.63) is 18.2 Å². The van der Waals surface area contributed by atoms with E-state index in [-0.39, 0.29) is 18.4 Å². The van der Waals surface area contributed by atoms with Gasteiger partial charge < -0.3 is 33.2 Å². The monoisotopic (exact) mass is 438 g/mol. The highest BCUT2D eigenvalue weighted by Gasteiger charge is 2.46. The summed E-state index contributed by atoms with van der Waals surface area (Å²) < 4.78 is 40.1. The predicted molar refractivity (Wildman–Crippen MR) is 108 cm³/mol. The molecule has 2 heterocycles. The van der Waals surface area contributed by atoms with Crippen LogP contribution in [0.5, 0.6) is 17.2 Å². The topological polar surface area (TPSA) is 98.8 Å². The molecule has 2 aliphatic rings. The van der Waals surface area contributed by atoms with Crippen LogP contribution in [0.2, 0.25) is 0 Å². The second kappa shape index (κ2) is 9.32. The molecule has 0 bridgehead atoms. The van der Waals surface area contributed by atoms with E-state index in [1.165, 1.54) is 13.8 Å². The Morgan fingerprint density at radius 1 is 1.10 bits per heavy atom. The maximum absolute atomic E-state index is 11.6. The van der Waals surface area contributed by atoms with Gasteiger partial charge >= 0.3 is 17.9 Å². The van der Waals surface area contributed by atoms with Crippen LogP contribution in [0.3, 0.4) is 0 Å². The average molecular weight is 438 g/mol. The minimum atomic E-state index is -1.23. The lowest BCUT2D eigenvalue weighted by molar-refractivity contribution is -0.268. The highest BCUT2D eigenvalue weighted by atomic mass is 16.9. The SMILES string of the molecule is CCOC1(C)Oc2cccc(O[C@@H]3O[C@H](COC(C)=O)[C@H](OC(C)=O)[C@H](C)[C@H]3C)c2O1. The summed E-state index contributed by atoms with van der Waals surface area (Å²) in [7, 11) is 0. The summed E-state index contributed by atoms with van der Waals surface area (Å²) >= 11 is 0. The zero-order valence-corrected chi connectivity index (χ0v) is 18.7. The normalized spacial score (nSPS) is 31.7. The van der Waals surface area contributed by atoms with Gasteiger partial charge in [-0.2, -0.15) is 0 Å². The van der Waals surface area contributed by atoms with Crippen LogP contribution in [0.4, 0.5) is 0 Å². The molecule has 9 nitrogen and oxygen atoms in total. The molecule has 0 aromatic heterocycles. The molecule has 9 heteroatoms. The average Bonchev–Trinajstić information content (AvgIpc) is 3.03. The molecule has 0 aliphatic carbocycles. The van der Waals surface area contributed by atoms with Crippen LogP contribution < -0.4 is 14.2 Å². The predicted octanol–water partition coefficient (Wildman–Crippen LogP) is 3.04. The van der Waals surface area contributed by atoms with Crippen molar-refractivity contribution in [2.45, 2.75) is 66.0 Å². The third-order valence-electron chi connectivity index (χ3n) is 5.38. The number of ether oxygens (including phenoxy) is 7. The minimum absolute atomic E-state index is 0.0564. The molecule has 1 unspecified atom stereocenters. The van der Waals surface area contributed by atoms with E-state index in [1.54, 1.807) is 25.1 Å². The molecular weight excluding hydrogens is 408 g/mol. The van der Waals surface area contributed by atoms with Crippen molar-refractivity contribution in [3.63, 3.8) is 0 Å². The molecule has 172 valence electrons. The maximum Gasteiger partial charge on any atom is 0.369 e. The van der Waals surface area contributed by atoms with E-state index < -0.39 is 36.4 Å². The van der Waals surface area contributed by atoms with Crippen molar-refractivity contribution in [1.29, 1.82) is 0 Å². The zero-order chi connectivity index (χ0) is 22.8. The van der Waals surface area contributed by atoms with E-state index in [1.807, 2.05) is 20.8 Å². The third kappa shape index (κ3) is 5.22. The number of rotatable bonds is 7. The fraction of sp³-hybridized carbons (Fsp3) is 0.636. The van der Waals surface area contributed by atoms with E-state index in [2.05, 4.69) is 0 Å². The first-order valence-corrected chi connectivity index (χ1v) is 10.4. The van der Waals surface area contributed by atoms with Gasteiger partial charge in [0.25, 0.3) is 0 Å². The Labute approximate surface area is 181 Å². The second-order valence-corrected chi connectivity index (χ2v) is 7.84. The first kappa shape index (κ1) is 23.1. The van der Waals surface area contributed by atoms with Crippen LogP contribution in [-0.4, -0.2) is 49.6 Å². The summed E-state index contributed by atoms with van der Waals surface area (Å²) in [5.74, 6) is -1.03. The van der Waals surface area contributed by atoms with E-state index >= 15 is 0 Å². The second-order valence-electron chi connectivity index (χ2n) is 7.84. The third-order valence-corrected chi connectivity index (χ3v) is 5.38. The lowest BCUT2D eigenvalue weighted by Gasteiger charge is -2.43. The Morgan fingerprint density at radius 2 is 1.84 bits per heavy atom. The molecule has 0 amide bonds. The standard InChI is InChI=1S/C22H30O9/c1-7-26-22(6)30-17-10-8-9-16(20(17)31-22)28-21-13(3)12(2)19(27-15(5)24)18(29-21)11-25-14(4)23/h8-10,12-13,18-19,21H,7,11H2,1-6H3/t12-,13-,18-,19-,21-,22?/m1/s1. The molecule has 31 heavy (non-hydrogen) atoms. The Morgan fingerprint density at radius 3 is 2.48 bits per heavy atom. The van der Waals surface area contributed by atoms with Crippen molar-refractivity contribution in [3.8, 4) is 17.2 Å². The number of benzene rings is 1. The first-order valence-electron chi connectivity index (χ1n) is 10.4. The van der Waals surface area contributed by atoms with Gasteiger partial charge in [-0.05, 0) is 19.1 Å². The molecule has 1 saturated heterocycles. The van der Waals surface area contributed by atoms with Gasteiger partial charge in [-0.25, -0.2) is 0 Å². The van der Waals surface area contributed by atoms with Crippen LogP contribution in [0, 0.1) is 11.8 Å². The summed E-state index contributed by atoms with van der Waals surface area (Å²) in [6, 6.07) is 5.30. The van der Waals surface area contributed by atoms with Gasteiger partial charge in [-0.1, -0.05) is 19.9 Å². The molecule has 0 N–H and O–H groups in total. The van der Waals surface area contributed by atoms with Crippen LogP contribution in [-0.2, 0) is 28.5 Å². The fourth-order valence-electron chi connectivity index (χ4n) is 3.72. The van der Waals surface area contributed by atoms with Crippen LogP contribution in [0.25, 0.3) is 0 Å². The zero-order valence-electron chi connectivity index (χ0n) is 18.7. The molecular formula is C22H30O9. The van der Waals surface area contributed by atoms with Crippen molar-refractivity contribution in [2.24, 2.45) is 11.8 Å². The largest absolute Gasteiger partial charge is 0.463 e. The molecule has 1 aromatic carbocycles. The van der Waals surface area contributed by atoms with Gasteiger partial charge in [0, 0.05) is 32.6 Å². The maximum atomic E-state index is 11.6. The Balaban J connectivity index is 1.80. The van der Waals surface area contributed by atoms with Crippen LogP contribution in [0.15, 0.2) is 18.2 Å². The fourth-order valence-corrected chi connectivity index (χ4v) is 3.72. The minimum Gasteiger partial charge on any atom is -0.463 e. The van der Waals surface area contributed by atoms with Crippen LogP contribution in [0.1, 0.15) is 41.5 Å². The lowest BCUT2D eigenvalue weighted by Crippen LogP contribution is -2.54. The Bertz CT molecular complexity index is 810. The summed E-state index contributed by atoms with van der Waals surface area (Å²) in [5.41, 5.74) is 0. The van der Waals surface area contributed by atoms with E-state index in [9.17, 15) is 9.59 Å². The molecule has 1 aromatic rings. The summed E-state index contributed by atoms with van der Waals surface area (Å²) in [6.07, 6.45) is -1.95. The number of carbonyl (C=O) groups excluding carboxylic acids is 2. The molecule has 0 spiro atoms. The molecule has 0 radical (unpaired) electrons. The van der Waals surface area contributed by atoms with E-state index in [4.69, 9.17) is 33.2 Å². The first-order chi connectivity index (χ1) is 14.6. The molecule has 2 aliphatic heterocycles. The summed E-state index contributed by atoms with van der Waals surface area (Å²) in [6.45, 7) is 10.4. The van der Waals surface area contributed by atoms with Crippen LogP contribution >= 0.6 is 0 Å². The van der Waals surface area contributed by atoms with Gasteiger partial charge in [0.15, 0.2) is 11.5 Å². The highest BCUT2D eigenvalue weighted by molar-refractivity contribution is 5.66. The van der Waals surface area contributed by atoms with Crippen molar-refractivity contribution < 1.29 is 42.7 Å². The number of hydrogen-bond acceptors (Lipinski definition) is 9. The van der Waals surface area contributed by atoms with Gasteiger partial charge in [0.05, 0.1) is 6.61 Å². The Hall–Kier alpha value is -2.52. The number of fused-ring (bicyclic) bond motifs is 1. The van der Waals surface area contributed by atoms with E-state index in [0.29, 0.717) is 23.9 Å². The number of carbonyl (C=O) groups is 2. The molecule has 6 atom stereocenters. The number of hydrogen-bond donors (Lipinski definition) is 0. The quantitative estimate of drug-likeness (QED) is 0.595. The highest BCUT2D eigenvalue weighted by Crippen LogP contribution is 2.47. The molecule has 1 fully saturated rings. The lowest BCUT2D eigenvalue weighted by atomic mass is 9.84. The number of esters is 2. The molecule has 0 saturated carbocycles. The smallest absolute Gasteiger partial charge is 0.369 e. The van der Waals surface area contributed by atoms with Crippen molar-refractivity contribution in [2.75, 3.05) is 13.2 Å². The summed E-state index contributed by atoms with van der Waals surface area (Å²) in [4.78, 5) is 22.9. The van der Waals surface area contributed by atoms with Gasteiger partial charge in [-0.15, -0.1) is 0 Å². The van der Waals surface area contributed by atoms with Gasteiger partial charge in [0.1, 0.15) is 18.8 Å². The van der Waals surface area contributed by atoms with Gasteiger partial charge in [0.2, 0.25) is 12.0 Å².